The van der Waals surface area contributed by atoms with E-state index in [4.69, 9.17) is 17.4 Å². The van der Waals surface area contributed by atoms with Crippen LogP contribution >= 0.6 is 24.2 Å². The zero-order valence-corrected chi connectivity index (χ0v) is 8.36. The molecule has 0 aliphatic carbocycles. The van der Waals surface area contributed by atoms with E-state index in [0.29, 0.717) is 4.32 Å². The van der Waals surface area contributed by atoms with Crippen molar-refractivity contribution < 1.29 is 0 Å². The van der Waals surface area contributed by atoms with Gasteiger partial charge in [0.15, 0.2) is 4.32 Å². The SMILES string of the molecule is CN(C(=S)SN)c1ccccc1.[NaH]. The summed E-state index contributed by atoms with van der Waals surface area (Å²) in [6.45, 7) is 0. The molecule has 0 unspecified atom stereocenters. The van der Waals surface area contributed by atoms with E-state index in [9.17, 15) is 0 Å². The molecule has 0 atom stereocenters. The van der Waals surface area contributed by atoms with E-state index in [-0.39, 0.29) is 29.6 Å². The summed E-state index contributed by atoms with van der Waals surface area (Å²) in [6.07, 6.45) is 0. The zero-order valence-electron chi connectivity index (χ0n) is 6.73. The normalized spacial score (nSPS) is 8.77. The Morgan fingerprint density at radius 3 is 2.38 bits per heavy atom. The third-order valence-corrected chi connectivity index (χ3v) is 2.56. The second kappa shape index (κ2) is 6.81. The molecule has 0 spiro atoms. The van der Waals surface area contributed by atoms with Crippen molar-refractivity contribution in [1.29, 1.82) is 0 Å². The van der Waals surface area contributed by atoms with Gasteiger partial charge in [-0.05, 0) is 24.1 Å². The van der Waals surface area contributed by atoms with E-state index in [1.807, 2.05) is 42.3 Å². The van der Waals surface area contributed by atoms with Gasteiger partial charge in [0.25, 0.3) is 0 Å². The molecule has 1 aromatic rings. The number of nitrogens with zero attached hydrogens (tertiary/aromatic N) is 1. The number of para-hydroxylation sites is 1. The van der Waals surface area contributed by atoms with Crippen LogP contribution in [0.25, 0.3) is 0 Å². The first-order chi connectivity index (χ1) is 5.75. The third-order valence-electron chi connectivity index (χ3n) is 1.52. The summed E-state index contributed by atoms with van der Waals surface area (Å²) in [5, 5.41) is 5.34. The summed E-state index contributed by atoms with van der Waals surface area (Å²) in [4.78, 5) is 1.88. The molecular formula is C8H11N2NaS2. The van der Waals surface area contributed by atoms with Crippen molar-refractivity contribution in [3.05, 3.63) is 30.3 Å². The Bertz CT molecular complexity index is 266. The molecule has 66 valence electrons. The molecule has 2 nitrogen and oxygen atoms in total. The van der Waals surface area contributed by atoms with Crippen LogP contribution in [0.15, 0.2) is 30.3 Å². The minimum atomic E-state index is 0. The quantitative estimate of drug-likeness (QED) is 0.441. The van der Waals surface area contributed by atoms with Gasteiger partial charge in [0.05, 0.1) is 0 Å². The van der Waals surface area contributed by atoms with Crippen molar-refractivity contribution in [2.24, 2.45) is 5.14 Å². The Morgan fingerprint density at radius 2 is 1.92 bits per heavy atom. The Balaban J connectivity index is 0.00000144. The van der Waals surface area contributed by atoms with Crippen LogP contribution in [0.5, 0.6) is 0 Å². The van der Waals surface area contributed by atoms with Gasteiger partial charge in [-0.2, -0.15) is 0 Å². The predicted molar refractivity (Wildman–Crippen MR) is 66.4 cm³/mol. The molecule has 0 fully saturated rings. The fraction of sp³-hybridized carbons (Fsp3) is 0.125. The summed E-state index contributed by atoms with van der Waals surface area (Å²) in [7, 11) is 1.90. The van der Waals surface area contributed by atoms with Gasteiger partial charge in [0, 0.05) is 12.7 Å². The molecule has 0 amide bonds. The second-order valence-electron chi connectivity index (χ2n) is 2.28. The number of hydrogen-bond acceptors (Lipinski definition) is 3. The number of anilines is 1. The molecule has 0 saturated heterocycles. The Labute approximate surface area is 110 Å². The second-order valence-corrected chi connectivity index (χ2v) is 3.55. The molecule has 2 N–H and O–H groups in total. The molecule has 1 aromatic carbocycles. The fourth-order valence-corrected chi connectivity index (χ4v) is 1.20. The van der Waals surface area contributed by atoms with E-state index < -0.39 is 0 Å². The van der Waals surface area contributed by atoms with E-state index in [1.165, 1.54) is 0 Å². The molecule has 0 heterocycles. The first kappa shape index (κ1) is 13.4. The molecule has 0 aliphatic heterocycles. The van der Waals surface area contributed by atoms with E-state index in [1.54, 1.807) is 0 Å². The number of nitrogens with two attached hydrogens (primary N) is 1. The van der Waals surface area contributed by atoms with Crippen LogP contribution in [0.4, 0.5) is 5.69 Å². The first-order valence-corrected chi connectivity index (χ1v) is 4.74. The summed E-state index contributed by atoms with van der Waals surface area (Å²) in [5.74, 6) is 0. The molecule has 5 heteroatoms. The van der Waals surface area contributed by atoms with Crippen molar-refractivity contribution in [2.45, 2.75) is 0 Å². The van der Waals surface area contributed by atoms with E-state index >= 15 is 0 Å². The maximum atomic E-state index is 5.34. The van der Waals surface area contributed by atoms with Crippen LogP contribution in [0.2, 0.25) is 0 Å². The summed E-state index contributed by atoms with van der Waals surface area (Å²) >= 11 is 6.11. The van der Waals surface area contributed by atoms with E-state index in [0.717, 1.165) is 17.6 Å². The van der Waals surface area contributed by atoms with Gasteiger partial charge in [-0.25, -0.2) is 0 Å². The van der Waals surface area contributed by atoms with Gasteiger partial charge >= 0.3 is 29.6 Å². The van der Waals surface area contributed by atoms with Crippen LogP contribution in [-0.4, -0.2) is 40.9 Å². The zero-order chi connectivity index (χ0) is 8.97. The van der Waals surface area contributed by atoms with Gasteiger partial charge in [-0.3, -0.25) is 5.14 Å². The monoisotopic (exact) mass is 222 g/mol. The van der Waals surface area contributed by atoms with Crippen molar-refractivity contribution >= 4 is 63.7 Å². The number of rotatable bonds is 1. The fourth-order valence-electron chi connectivity index (χ4n) is 0.836. The maximum absolute atomic E-state index is 5.34. The average molecular weight is 222 g/mol. The molecule has 0 saturated carbocycles. The van der Waals surface area contributed by atoms with Gasteiger partial charge in [0.1, 0.15) is 0 Å². The Kier molecular flexibility index (Phi) is 7.03. The number of benzene rings is 1. The van der Waals surface area contributed by atoms with Gasteiger partial charge in [0.2, 0.25) is 0 Å². The summed E-state index contributed by atoms with van der Waals surface area (Å²) < 4.78 is 0.668. The molecule has 0 radical (unpaired) electrons. The Hall–Kier alpha value is 0.420. The predicted octanol–water partition coefficient (Wildman–Crippen LogP) is 1.37. The molecule has 13 heavy (non-hydrogen) atoms. The molecule has 1 rings (SSSR count). The molecule has 0 aromatic heterocycles. The van der Waals surface area contributed by atoms with Crippen molar-refractivity contribution in [3.8, 4) is 0 Å². The van der Waals surface area contributed by atoms with Crippen LogP contribution in [0.3, 0.4) is 0 Å². The first-order valence-electron chi connectivity index (χ1n) is 3.45. The standard InChI is InChI=1S/C8H10N2S2.Na.H/c1-10(8(11)12-9)7-5-3-2-4-6-7;;/h2-6H,9H2,1H3;;. The number of hydrogen-bond donors (Lipinski definition) is 1. The summed E-state index contributed by atoms with van der Waals surface area (Å²) in [6, 6.07) is 9.88. The van der Waals surface area contributed by atoms with Crippen molar-refractivity contribution in [3.63, 3.8) is 0 Å². The van der Waals surface area contributed by atoms with Crippen LogP contribution in [0.1, 0.15) is 0 Å². The van der Waals surface area contributed by atoms with E-state index in [2.05, 4.69) is 0 Å². The van der Waals surface area contributed by atoms with Gasteiger partial charge in [-0.1, -0.05) is 30.4 Å². The minimum absolute atomic E-state index is 0. The van der Waals surface area contributed by atoms with Crippen LogP contribution in [-0.2, 0) is 0 Å². The van der Waals surface area contributed by atoms with Crippen molar-refractivity contribution in [1.82, 2.24) is 0 Å². The van der Waals surface area contributed by atoms with Gasteiger partial charge in [-0.15, -0.1) is 0 Å². The topological polar surface area (TPSA) is 29.3 Å². The molecule has 0 aliphatic rings. The van der Waals surface area contributed by atoms with Crippen molar-refractivity contribution in [2.75, 3.05) is 11.9 Å². The Morgan fingerprint density at radius 1 is 1.38 bits per heavy atom. The van der Waals surface area contributed by atoms with Crippen LogP contribution < -0.4 is 10.0 Å². The average Bonchev–Trinajstić information content (AvgIpc) is 2.17. The van der Waals surface area contributed by atoms with Crippen LogP contribution in [0, 0.1) is 0 Å². The summed E-state index contributed by atoms with van der Waals surface area (Å²) in [5.41, 5.74) is 1.06. The third kappa shape index (κ3) is 3.97. The molecular weight excluding hydrogens is 211 g/mol. The number of thiocarbonyl (C=S) groups is 1. The molecule has 0 bridgehead atoms. The van der Waals surface area contributed by atoms with Gasteiger partial charge < -0.3 is 4.90 Å².